The zero-order chi connectivity index (χ0) is 12.8. The smallest absolute Gasteiger partial charge is 0.418 e. The van der Waals surface area contributed by atoms with Crippen LogP contribution in [0.25, 0.3) is 0 Å². The van der Waals surface area contributed by atoms with E-state index in [4.69, 9.17) is 0 Å². The minimum Gasteiger partial charge on any atom is -0.418 e. The predicted molar refractivity (Wildman–Crippen MR) is 59.5 cm³/mol. The molecular formula is C10H17BF4N+. The largest absolute Gasteiger partial charge is 1.00 e. The van der Waals surface area contributed by atoms with Crippen LogP contribution in [-0.4, -0.2) is 32.9 Å². The van der Waals surface area contributed by atoms with Crippen LogP contribution in [0, 0.1) is 0 Å². The van der Waals surface area contributed by atoms with E-state index in [9.17, 15) is 17.3 Å². The van der Waals surface area contributed by atoms with Crippen LogP contribution in [0.2, 0.25) is 0 Å². The highest BCUT2D eigenvalue weighted by Gasteiger charge is 2.20. The number of quaternary nitrogens is 1. The molecule has 16 heavy (non-hydrogen) atoms. The molecule has 0 N–H and O–H groups in total. The average Bonchev–Trinajstić information content (AvgIpc) is 1.99. The fourth-order valence-corrected chi connectivity index (χ4v) is 1.13. The molecule has 0 saturated heterocycles. The van der Waals surface area contributed by atoms with Crippen LogP contribution in [0.3, 0.4) is 0 Å². The molecule has 0 aliphatic carbocycles. The summed E-state index contributed by atoms with van der Waals surface area (Å²) in [5, 5.41) is 0. The van der Waals surface area contributed by atoms with E-state index in [1.807, 2.05) is 0 Å². The van der Waals surface area contributed by atoms with Crippen molar-refractivity contribution in [2.45, 2.75) is 6.54 Å². The summed E-state index contributed by atoms with van der Waals surface area (Å²) in [6, 6.07) is 10.6. The van der Waals surface area contributed by atoms with Gasteiger partial charge in [-0.15, -0.1) is 0 Å². The van der Waals surface area contributed by atoms with Crippen molar-refractivity contribution < 1.29 is 23.2 Å². The summed E-state index contributed by atoms with van der Waals surface area (Å²) in [7, 11) is 0.604. The molecule has 1 rings (SSSR count). The Bertz CT molecular complexity index is 291. The number of benzene rings is 1. The molecule has 1 aromatic carbocycles. The Morgan fingerprint density at radius 3 is 1.69 bits per heavy atom. The maximum absolute atomic E-state index is 9.75. The first kappa shape index (κ1) is 15.0. The van der Waals surface area contributed by atoms with Crippen molar-refractivity contribution in [1.29, 1.82) is 0 Å². The molecule has 0 aromatic heterocycles. The summed E-state index contributed by atoms with van der Waals surface area (Å²) in [5.74, 6) is 0. The highest BCUT2D eigenvalue weighted by molar-refractivity contribution is 6.50. The van der Waals surface area contributed by atoms with Crippen molar-refractivity contribution in [2.75, 3.05) is 21.1 Å². The monoisotopic (exact) mass is 238 g/mol. The first-order valence-corrected chi connectivity index (χ1v) is 4.79. The van der Waals surface area contributed by atoms with E-state index in [0.717, 1.165) is 11.0 Å². The molecule has 0 unspecified atom stereocenters. The second-order valence-corrected chi connectivity index (χ2v) is 4.43. The van der Waals surface area contributed by atoms with Crippen LogP contribution in [0.1, 0.15) is 6.99 Å². The maximum Gasteiger partial charge on any atom is 1.00 e. The molecule has 0 aliphatic rings. The van der Waals surface area contributed by atoms with Crippen molar-refractivity contribution in [2.24, 2.45) is 0 Å². The summed E-state index contributed by atoms with van der Waals surface area (Å²) < 4.78 is 40.0. The average molecular weight is 238 g/mol. The van der Waals surface area contributed by atoms with Crippen LogP contribution < -0.4 is 0 Å². The summed E-state index contributed by atoms with van der Waals surface area (Å²) in [6.45, 7) is 1.10. The van der Waals surface area contributed by atoms with E-state index >= 15 is 0 Å². The Morgan fingerprint density at radius 2 is 1.38 bits per heavy atom. The lowest BCUT2D eigenvalue weighted by Crippen LogP contribution is -2.33. The van der Waals surface area contributed by atoms with Crippen molar-refractivity contribution in [1.82, 2.24) is 0 Å². The molecular weight excluding hydrogens is 221 g/mol. The van der Waals surface area contributed by atoms with Gasteiger partial charge in [0.1, 0.15) is 6.54 Å². The number of rotatable bonds is 2. The Balaban J connectivity index is 0. The lowest BCUT2D eigenvalue weighted by atomic mass is 10.2. The van der Waals surface area contributed by atoms with E-state index in [1.54, 1.807) is 0 Å². The summed E-state index contributed by atoms with van der Waals surface area (Å²) >= 11 is 0. The third kappa shape index (κ3) is 13.0. The van der Waals surface area contributed by atoms with Gasteiger partial charge < -0.3 is 21.7 Å². The minimum absolute atomic E-state index is 0. The lowest BCUT2D eigenvalue weighted by Gasteiger charge is -2.23. The van der Waals surface area contributed by atoms with Crippen molar-refractivity contribution in [3.8, 4) is 0 Å². The topological polar surface area (TPSA) is 0 Å². The second-order valence-electron chi connectivity index (χ2n) is 4.43. The fourth-order valence-electron chi connectivity index (χ4n) is 1.13. The quantitative estimate of drug-likeness (QED) is 0.421. The van der Waals surface area contributed by atoms with E-state index in [2.05, 4.69) is 51.5 Å². The van der Waals surface area contributed by atoms with Crippen LogP contribution in [-0.2, 0) is 6.54 Å². The van der Waals surface area contributed by atoms with Gasteiger partial charge in [0.05, 0.1) is 21.1 Å². The van der Waals surface area contributed by atoms with Gasteiger partial charge in [-0.1, -0.05) is 30.3 Å². The molecule has 92 valence electrons. The van der Waals surface area contributed by atoms with Crippen molar-refractivity contribution >= 4 is 7.25 Å². The molecule has 0 heterocycles. The predicted octanol–water partition coefficient (Wildman–Crippen LogP) is 3.31. The van der Waals surface area contributed by atoms with Gasteiger partial charge >= 0.3 is 8.68 Å². The maximum atomic E-state index is 9.75. The van der Waals surface area contributed by atoms with E-state index in [1.165, 1.54) is 5.56 Å². The molecule has 1 aromatic rings. The van der Waals surface area contributed by atoms with E-state index in [0.29, 0.717) is 0 Å². The summed E-state index contributed by atoms with van der Waals surface area (Å²) in [6.07, 6.45) is 0. The highest BCUT2D eigenvalue weighted by atomic mass is 19.5. The standard InChI is InChI=1S/C10H16N.BF4/c1-11(2,3)9-10-7-5-4-6-8-10;2-1(3,4)5/h4-8H,9H2,1-3H3;/q+1;-1/p+1. The Labute approximate surface area is 94.9 Å². The molecule has 0 saturated carbocycles. The van der Waals surface area contributed by atoms with Gasteiger partial charge in [-0.05, 0) is 0 Å². The molecule has 6 heteroatoms. The first-order valence-electron chi connectivity index (χ1n) is 4.79. The fraction of sp³-hybridized carbons (Fsp3) is 0.400. The molecule has 0 radical (unpaired) electrons. The Kier molecular flexibility index (Phi) is 5.51. The van der Waals surface area contributed by atoms with E-state index < -0.39 is 7.25 Å². The number of hydrogen-bond acceptors (Lipinski definition) is 0. The molecule has 0 amide bonds. The van der Waals surface area contributed by atoms with Crippen LogP contribution in [0.4, 0.5) is 17.3 Å². The molecule has 0 aliphatic heterocycles. The molecule has 0 fully saturated rings. The van der Waals surface area contributed by atoms with Crippen LogP contribution >= 0.6 is 0 Å². The van der Waals surface area contributed by atoms with E-state index in [-0.39, 0.29) is 1.43 Å². The van der Waals surface area contributed by atoms with Crippen LogP contribution in [0.15, 0.2) is 30.3 Å². The van der Waals surface area contributed by atoms with Crippen molar-refractivity contribution in [3.63, 3.8) is 0 Å². The van der Waals surface area contributed by atoms with Gasteiger partial charge in [-0.3, -0.25) is 0 Å². The summed E-state index contributed by atoms with van der Waals surface area (Å²) in [5.41, 5.74) is 1.40. The molecule has 1 nitrogen and oxygen atoms in total. The normalized spacial score (nSPS) is 11.7. The molecule has 0 bridgehead atoms. The van der Waals surface area contributed by atoms with Gasteiger partial charge in [-0.25, -0.2) is 0 Å². The minimum atomic E-state index is -6.00. The third-order valence-electron chi connectivity index (χ3n) is 1.50. The van der Waals surface area contributed by atoms with Gasteiger partial charge in [0, 0.05) is 5.56 Å². The Hall–Kier alpha value is -1.04. The van der Waals surface area contributed by atoms with Crippen LogP contribution in [0.5, 0.6) is 0 Å². The molecule has 0 atom stereocenters. The summed E-state index contributed by atoms with van der Waals surface area (Å²) in [4.78, 5) is 0. The zero-order valence-corrected chi connectivity index (χ0v) is 9.63. The highest BCUT2D eigenvalue weighted by Crippen LogP contribution is 2.06. The number of nitrogens with zero attached hydrogens (tertiary/aromatic N) is 1. The van der Waals surface area contributed by atoms with Gasteiger partial charge in [0.2, 0.25) is 0 Å². The zero-order valence-electron chi connectivity index (χ0n) is 10.6. The van der Waals surface area contributed by atoms with Gasteiger partial charge in [-0.2, -0.15) is 0 Å². The van der Waals surface area contributed by atoms with Gasteiger partial charge in [0.25, 0.3) is 0 Å². The second kappa shape index (κ2) is 5.89. The lowest BCUT2D eigenvalue weighted by molar-refractivity contribution is -0.884. The molecule has 0 spiro atoms. The SMILES string of the molecule is C[N+](C)(C)Cc1ccccc1.F[B-](F)(F)F.[H+]. The number of hydrogen-bond donors (Lipinski definition) is 0. The van der Waals surface area contributed by atoms with Gasteiger partial charge in [0.15, 0.2) is 0 Å². The third-order valence-corrected chi connectivity index (χ3v) is 1.50. The first-order chi connectivity index (χ1) is 7.08. The number of halogens is 4. The van der Waals surface area contributed by atoms with Crippen molar-refractivity contribution in [3.05, 3.63) is 35.9 Å². The Morgan fingerprint density at radius 1 is 1.00 bits per heavy atom.